The van der Waals surface area contributed by atoms with Gasteiger partial charge >= 0.3 is 0 Å². The van der Waals surface area contributed by atoms with Crippen LogP contribution in [0.4, 0.5) is 15.2 Å². The molecule has 0 N–H and O–H groups in total. The number of carbonyl (C=O) groups is 1. The Balaban J connectivity index is 1.75. The van der Waals surface area contributed by atoms with Crippen molar-refractivity contribution >= 4 is 28.1 Å². The van der Waals surface area contributed by atoms with E-state index in [-0.39, 0.29) is 11.7 Å². The first kappa shape index (κ1) is 18.8. The number of benzene rings is 2. The van der Waals surface area contributed by atoms with Gasteiger partial charge in [-0.25, -0.2) is 9.37 Å². The summed E-state index contributed by atoms with van der Waals surface area (Å²) in [6.45, 7) is 4.63. The van der Waals surface area contributed by atoms with Crippen LogP contribution in [-0.4, -0.2) is 23.6 Å². The van der Waals surface area contributed by atoms with Crippen molar-refractivity contribution in [3.8, 4) is 11.3 Å². The zero-order valence-electron chi connectivity index (χ0n) is 15.8. The summed E-state index contributed by atoms with van der Waals surface area (Å²) >= 11 is 1.40. The van der Waals surface area contributed by atoms with E-state index in [2.05, 4.69) is 11.1 Å². The number of thiazole rings is 1. The zero-order valence-corrected chi connectivity index (χ0v) is 16.6. The fraction of sp³-hybridized carbons (Fsp3) is 0.273. The Morgan fingerprint density at radius 2 is 1.89 bits per heavy atom. The van der Waals surface area contributed by atoms with Crippen LogP contribution in [0.15, 0.2) is 47.8 Å². The predicted molar refractivity (Wildman–Crippen MR) is 110 cm³/mol. The number of carbonyl (C=O) groups excluding carboxylic acids is 1. The summed E-state index contributed by atoms with van der Waals surface area (Å²) in [7, 11) is 0. The van der Waals surface area contributed by atoms with Crippen molar-refractivity contribution in [2.75, 3.05) is 11.5 Å². The Bertz CT molecular complexity index is 974. The molecular weight excluding hydrogens is 375 g/mol. The van der Waals surface area contributed by atoms with Gasteiger partial charge in [-0.05, 0) is 74.2 Å². The van der Waals surface area contributed by atoms with E-state index in [0.29, 0.717) is 11.7 Å². The van der Waals surface area contributed by atoms with Crippen molar-refractivity contribution in [1.82, 2.24) is 4.98 Å². The Morgan fingerprint density at radius 1 is 1.18 bits per heavy atom. The molecule has 6 heteroatoms. The highest BCUT2D eigenvalue weighted by atomic mass is 32.1. The van der Waals surface area contributed by atoms with E-state index < -0.39 is 6.10 Å². The second-order valence-electron chi connectivity index (χ2n) is 7.04. The number of aryl methyl sites for hydroxylation is 2. The molecule has 1 aliphatic rings. The number of rotatable bonds is 4. The minimum atomic E-state index is -0.445. The second-order valence-corrected chi connectivity index (χ2v) is 7.88. The average Bonchev–Trinajstić information content (AvgIpc) is 3.34. The molecule has 1 fully saturated rings. The van der Waals surface area contributed by atoms with Gasteiger partial charge in [0.1, 0.15) is 11.9 Å². The standard InChI is InChI=1S/C22H21FN2O2S/c1-14-10-15(2)12-18(11-14)25(21(26)20-4-3-9-27-20)22-24-19(13-28-22)16-5-7-17(23)8-6-16/h5-8,10-13,20H,3-4,9H2,1-2H3/t20-/m0/s1. The van der Waals surface area contributed by atoms with E-state index in [4.69, 9.17) is 4.74 Å². The van der Waals surface area contributed by atoms with Gasteiger partial charge in [-0.3, -0.25) is 9.69 Å². The molecule has 1 amide bonds. The lowest BCUT2D eigenvalue weighted by Crippen LogP contribution is -2.35. The fourth-order valence-corrected chi connectivity index (χ4v) is 4.31. The van der Waals surface area contributed by atoms with E-state index in [0.717, 1.165) is 40.9 Å². The number of amides is 1. The predicted octanol–water partition coefficient (Wildman–Crippen LogP) is 5.41. The fourth-order valence-electron chi connectivity index (χ4n) is 3.45. The third-order valence-corrected chi connectivity index (χ3v) is 5.54. The number of hydrogen-bond acceptors (Lipinski definition) is 4. The molecule has 4 rings (SSSR count). The molecule has 2 aromatic carbocycles. The van der Waals surface area contributed by atoms with Crippen molar-refractivity contribution in [1.29, 1.82) is 0 Å². The molecule has 0 aliphatic carbocycles. The van der Waals surface area contributed by atoms with Crippen LogP contribution in [0.3, 0.4) is 0 Å². The summed E-state index contributed by atoms with van der Waals surface area (Å²) in [5.41, 5.74) is 4.48. The highest BCUT2D eigenvalue weighted by Crippen LogP contribution is 2.35. The Hall–Kier alpha value is -2.57. The first-order valence-corrected chi connectivity index (χ1v) is 10.1. The highest BCUT2D eigenvalue weighted by molar-refractivity contribution is 7.14. The van der Waals surface area contributed by atoms with Crippen LogP contribution < -0.4 is 4.90 Å². The molecule has 144 valence electrons. The van der Waals surface area contributed by atoms with Gasteiger partial charge in [-0.2, -0.15) is 0 Å². The van der Waals surface area contributed by atoms with Crippen molar-refractivity contribution in [3.63, 3.8) is 0 Å². The molecule has 0 saturated carbocycles. The molecule has 0 spiro atoms. The average molecular weight is 396 g/mol. The summed E-state index contributed by atoms with van der Waals surface area (Å²) in [6.07, 6.45) is 1.16. The first-order chi connectivity index (χ1) is 13.5. The molecule has 28 heavy (non-hydrogen) atoms. The van der Waals surface area contributed by atoms with Crippen molar-refractivity contribution < 1.29 is 13.9 Å². The Kier molecular flexibility index (Phi) is 5.24. The quantitative estimate of drug-likeness (QED) is 0.592. The van der Waals surface area contributed by atoms with Gasteiger partial charge in [0.15, 0.2) is 5.13 Å². The minimum Gasteiger partial charge on any atom is -0.368 e. The van der Waals surface area contributed by atoms with Crippen molar-refractivity contribution in [2.45, 2.75) is 32.8 Å². The number of nitrogens with zero attached hydrogens (tertiary/aromatic N) is 2. The topological polar surface area (TPSA) is 42.4 Å². The number of aromatic nitrogens is 1. The van der Waals surface area contributed by atoms with Gasteiger partial charge in [-0.15, -0.1) is 11.3 Å². The summed E-state index contributed by atoms with van der Waals surface area (Å²) in [4.78, 5) is 19.6. The maximum atomic E-state index is 13.3. The maximum absolute atomic E-state index is 13.3. The molecule has 1 aliphatic heterocycles. The van der Waals surface area contributed by atoms with Crippen molar-refractivity contribution in [2.24, 2.45) is 0 Å². The molecule has 1 saturated heterocycles. The number of hydrogen-bond donors (Lipinski definition) is 0. The number of halogens is 1. The van der Waals surface area contributed by atoms with Crippen LogP contribution in [-0.2, 0) is 9.53 Å². The minimum absolute atomic E-state index is 0.0949. The van der Waals surface area contributed by atoms with Crippen LogP contribution in [0.5, 0.6) is 0 Å². The van der Waals surface area contributed by atoms with E-state index in [1.807, 2.05) is 31.4 Å². The third kappa shape index (κ3) is 3.84. The van der Waals surface area contributed by atoms with E-state index >= 15 is 0 Å². The van der Waals surface area contributed by atoms with Gasteiger partial charge in [-0.1, -0.05) is 6.07 Å². The molecule has 1 aromatic heterocycles. The Labute approximate surface area is 167 Å². The summed E-state index contributed by atoms with van der Waals surface area (Å²) in [5.74, 6) is -0.382. The van der Waals surface area contributed by atoms with Crippen LogP contribution >= 0.6 is 11.3 Å². The van der Waals surface area contributed by atoms with E-state index in [1.165, 1.54) is 23.5 Å². The number of anilines is 2. The molecule has 2 heterocycles. The first-order valence-electron chi connectivity index (χ1n) is 9.26. The lowest BCUT2D eigenvalue weighted by Gasteiger charge is -2.23. The van der Waals surface area contributed by atoms with Gasteiger partial charge in [0.05, 0.1) is 11.4 Å². The third-order valence-electron chi connectivity index (χ3n) is 4.71. The largest absolute Gasteiger partial charge is 0.368 e. The number of ether oxygens (including phenoxy) is 1. The molecule has 0 unspecified atom stereocenters. The highest BCUT2D eigenvalue weighted by Gasteiger charge is 2.32. The summed E-state index contributed by atoms with van der Waals surface area (Å²) < 4.78 is 18.9. The van der Waals surface area contributed by atoms with E-state index in [9.17, 15) is 9.18 Å². The van der Waals surface area contributed by atoms with Crippen LogP contribution in [0, 0.1) is 19.7 Å². The summed E-state index contributed by atoms with van der Waals surface area (Å²) in [5, 5.41) is 2.48. The monoisotopic (exact) mass is 396 g/mol. The maximum Gasteiger partial charge on any atom is 0.262 e. The van der Waals surface area contributed by atoms with Gasteiger partial charge in [0.25, 0.3) is 5.91 Å². The van der Waals surface area contributed by atoms with Gasteiger partial charge < -0.3 is 4.74 Å². The zero-order chi connectivity index (χ0) is 19.7. The van der Waals surface area contributed by atoms with Gasteiger partial charge in [0, 0.05) is 17.6 Å². The molecular formula is C22H21FN2O2S. The van der Waals surface area contributed by atoms with Gasteiger partial charge in [0.2, 0.25) is 0 Å². The summed E-state index contributed by atoms with van der Waals surface area (Å²) in [6, 6.07) is 12.2. The van der Waals surface area contributed by atoms with E-state index in [1.54, 1.807) is 17.0 Å². The van der Waals surface area contributed by atoms with Crippen LogP contribution in [0.25, 0.3) is 11.3 Å². The van der Waals surface area contributed by atoms with Crippen molar-refractivity contribution in [3.05, 3.63) is 64.8 Å². The normalized spacial score (nSPS) is 16.3. The van der Waals surface area contributed by atoms with Crippen LogP contribution in [0.1, 0.15) is 24.0 Å². The molecule has 4 nitrogen and oxygen atoms in total. The molecule has 0 bridgehead atoms. The Morgan fingerprint density at radius 3 is 2.54 bits per heavy atom. The smallest absolute Gasteiger partial charge is 0.262 e. The van der Waals surface area contributed by atoms with Crippen LogP contribution in [0.2, 0.25) is 0 Å². The lowest BCUT2D eigenvalue weighted by atomic mass is 10.1. The molecule has 1 atom stereocenters. The SMILES string of the molecule is Cc1cc(C)cc(N(C(=O)[C@@H]2CCCO2)c2nc(-c3ccc(F)cc3)cs2)c1. The molecule has 0 radical (unpaired) electrons. The molecule has 3 aromatic rings. The lowest BCUT2D eigenvalue weighted by molar-refractivity contribution is -0.126. The second kappa shape index (κ2) is 7.81.